The standard InChI is InChI=1S/C14H18F2N2O2/c1-9(14(19)18-6-2-3-10(18)8-17)20-11-4-5-12(15)13(16)7-11/h4-5,7,9-10H,2-3,6,8,17H2,1H3/t9-,10-/m1/s1. The predicted octanol–water partition coefficient (Wildman–Crippen LogP) is 1.68. The Kier molecular flexibility index (Phi) is 4.54. The number of carbonyl (C=O) groups excluding carboxylic acids is 1. The SMILES string of the molecule is C[C@@H](Oc1ccc(F)c(F)c1)C(=O)N1CCC[C@@H]1CN. The first kappa shape index (κ1) is 14.7. The zero-order valence-corrected chi connectivity index (χ0v) is 11.3. The summed E-state index contributed by atoms with van der Waals surface area (Å²) in [7, 11) is 0. The van der Waals surface area contributed by atoms with Gasteiger partial charge in [-0.3, -0.25) is 4.79 Å². The molecule has 0 unspecified atom stereocenters. The summed E-state index contributed by atoms with van der Waals surface area (Å²) in [5.41, 5.74) is 5.63. The highest BCUT2D eigenvalue weighted by molar-refractivity contribution is 5.81. The van der Waals surface area contributed by atoms with Crippen molar-refractivity contribution >= 4 is 5.91 Å². The van der Waals surface area contributed by atoms with Crippen LogP contribution in [-0.4, -0.2) is 36.0 Å². The smallest absolute Gasteiger partial charge is 0.263 e. The van der Waals surface area contributed by atoms with Crippen molar-refractivity contribution in [3.05, 3.63) is 29.8 Å². The number of halogens is 2. The van der Waals surface area contributed by atoms with Crippen LogP contribution in [0.15, 0.2) is 18.2 Å². The summed E-state index contributed by atoms with van der Waals surface area (Å²) in [5, 5.41) is 0. The van der Waals surface area contributed by atoms with Crippen molar-refractivity contribution in [3.8, 4) is 5.75 Å². The molecule has 6 heteroatoms. The van der Waals surface area contributed by atoms with Gasteiger partial charge in [-0.15, -0.1) is 0 Å². The van der Waals surface area contributed by atoms with Gasteiger partial charge in [0.15, 0.2) is 17.7 Å². The summed E-state index contributed by atoms with van der Waals surface area (Å²) in [5.74, 6) is -1.99. The fraction of sp³-hybridized carbons (Fsp3) is 0.500. The van der Waals surface area contributed by atoms with Crippen molar-refractivity contribution in [3.63, 3.8) is 0 Å². The Morgan fingerprint density at radius 3 is 2.90 bits per heavy atom. The zero-order chi connectivity index (χ0) is 14.7. The molecule has 0 aromatic heterocycles. The Morgan fingerprint density at radius 2 is 2.25 bits per heavy atom. The van der Waals surface area contributed by atoms with Crippen LogP contribution in [0.1, 0.15) is 19.8 Å². The minimum atomic E-state index is -0.997. The Hall–Kier alpha value is -1.69. The van der Waals surface area contributed by atoms with Crippen LogP contribution >= 0.6 is 0 Å². The molecule has 2 atom stereocenters. The number of hydrogen-bond donors (Lipinski definition) is 1. The normalized spacial score (nSPS) is 20.0. The van der Waals surface area contributed by atoms with Gasteiger partial charge in [0.1, 0.15) is 5.75 Å². The molecular formula is C14H18F2N2O2. The van der Waals surface area contributed by atoms with E-state index >= 15 is 0 Å². The van der Waals surface area contributed by atoms with Crippen LogP contribution in [0.3, 0.4) is 0 Å². The van der Waals surface area contributed by atoms with Gasteiger partial charge in [0.2, 0.25) is 0 Å². The molecule has 0 radical (unpaired) electrons. The minimum Gasteiger partial charge on any atom is -0.481 e. The molecule has 1 aromatic carbocycles. The molecule has 110 valence electrons. The van der Waals surface area contributed by atoms with Gasteiger partial charge in [-0.25, -0.2) is 8.78 Å². The van der Waals surface area contributed by atoms with E-state index < -0.39 is 17.7 Å². The van der Waals surface area contributed by atoms with Gasteiger partial charge < -0.3 is 15.4 Å². The molecule has 2 N–H and O–H groups in total. The van der Waals surface area contributed by atoms with Crippen LogP contribution in [0.25, 0.3) is 0 Å². The van der Waals surface area contributed by atoms with E-state index in [4.69, 9.17) is 10.5 Å². The first-order valence-corrected chi connectivity index (χ1v) is 6.65. The quantitative estimate of drug-likeness (QED) is 0.915. The summed E-state index contributed by atoms with van der Waals surface area (Å²) < 4.78 is 31.3. The van der Waals surface area contributed by atoms with Crippen molar-refractivity contribution in [2.45, 2.75) is 31.9 Å². The van der Waals surface area contributed by atoms with Gasteiger partial charge in [0, 0.05) is 25.2 Å². The monoisotopic (exact) mass is 284 g/mol. The largest absolute Gasteiger partial charge is 0.481 e. The second-order valence-electron chi connectivity index (χ2n) is 4.90. The van der Waals surface area contributed by atoms with Crippen LogP contribution < -0.4 is 10.5 Å². The first-order chi connectivity index (χ1) is 9.52. The average Bonchev–Trinajstić information content (AvgIpc) is 2.90. The molecule has 20 heavy (non-hydrogen) atoms. The number of benzene rings is 1. The summed E-state index contributed by atoms with van der Waals surface area (Å²) in [6.07, 6.45) is 1.05. The van der Waals surface area contributed by atoms with Crippen molar-refractivity contribution in [1.29, 1.82) is 0 Å². The van der Waals surface area contributed by atoms with E-state index in [0.717, 1.165) is 25.0 Å². The number of nitrogens with two attached hydrogens (primary N) is 1. The highest BCUT2D eigenvalue weighted by Gasteiger charge is 2.31. The molecule has 1 amide bonds. The molecule has 1 aromatic rings. The third kappa shape index (κ3) is 3.07. The molecular weight excluding hydrogens is 266 g/mol. The topological polar surface area (TPSA) is 55.6 Å². The van der Waals surface area contributed by atoms with E-state index in [2.05, 4.69) is 0 Å². The number of amides is 1. The molecule has 0 spiro atoms. The van der Waals surface area contributed by atoms with Gasteiger partial charge in [0.25, 0.3) is 5.91 Å². The summed E-state index contributed by atoms with van der Waals surface area (Å²) >= 11 is 0. The number of hydrogen-bond acceptors (Lipinski definition) is 3. The van der Waals surface area contributed by atoms with Crippen molar-refractivity contribution in [2.24, 2.45) is 5.73 Å². The molecule has 1 fully saturated rings. The Morgan fingerprint density at radius 1 is 1.50 bits per heavy atom. The second-order valence-corrected chi connectivity index (χ2v) is 4.90. The minimum absolute atomic E-state index is 0.0403. The van der Waals surface area contributed by atoms with Gasteiger partial charge in [0.05, 0.1) is 0 Å². The molecule has 0 saturated carbocycles. The fourth-order valence-electron chi connectivity index (χ4n) is 2.41. The molecule has 1 aliphatic rings. The number of nitrogens with zero attached hydrogens (tertiary/aromatic N) is 1. The first-order valence-electron chi connectivity index (χ1n) is 6.65. The highest BCUT2D eigenvalue weighted by atomic mass is 19.2. The van der Waals surface area contributed by atoms with Crippen molar-refractivity contribution in [1.82, 2.24) is 4.90 Å². The maximum atomic E-state index is 13.1. The lowest BCUT2D eigenvalue weighted by Crippen LogP contribution is -2.45. The Labute approximate surface area is 116 Å². The van der Waals surface area contributed by atoms with Crippen molar-refractivity contribution < 1.29 is 18.3 Å². The molecule has 1 saturated heterocycles. The van der Waals surface area contributed by atoms with Gasteiger partial charge in [-0.1, -0.05) is 0 Å². The van der Waals surface area contributed by atoms with E-state index in [1.807, 2.05) is 0 Å². The Bertz CT molecular complexity index is 496. The lowest BCUT2D eigenvalue weighted by Gasteiger charge is -2.26. The van der Waals surface area contributed by atoms with E-state index in [0.29, 0.717) is 13.1 Å². The van der Waals surface area contributed by atoms with Gasteiger partial charge in [-0.2, -0.15) is 0 Å². The summed E-state index contributed by atoms with van der Waals surface area (Å²) in [6, 6.07) is 3.25. The number of likely N-dealkylation sites (tertiary alicyclic amines) is 1. The predicted molar refractivity (Wildman–Crippen MR) is 70.2 cm³/mol. The third-order valence-electron chi connectivity index (χ3n) is 3.48. The van der Waals surface area contributed by atoms with Crippen LogP contribution in [0.2, 0.25) is 0 Å². The van der Waals surface area contributed by atoms with E-state index in [-0.39, 0.29) is 17.7 Å². The van der Waals surface area contributed by atoms with Crippen LogP contribution in [-0.2, 0) is 4.79 Å². The second kappa shape index (κ2) is 6.17. The lowest BCUT2D eigenvalue weighted by atomic mass is 10.2. The van der Waals surface area contributed by atoms with E-state index in [1.165, 1.54) is 6.07 Å². The van der Waals surface area contributed by atoms with Crippen molar-refractivity contribution in [2.75, 3.05) is 13.1 Å². The lowest BCUT2D eigenvalue weighted by molar-refractivity contribution is -0.138. The molecule has 4 nitrogen and oxygen atoms in total. The third-order valence-corrected chi connectivity index (χ3v) is 3.48. The van der Waals surface area contributed by atoms with Gasteiger partial charge in [-0.05, 0) is 31.9 Å². The highest BCUT2D eigenvalue weighted by Crippen LogP contribution is 2.20. The van der Waals surface area contributed by atoms with Gasteiger partial charge >= 0.3 is 0 Å². The maximum Gasteiger partial charge on any atom is 0.263 e. The molecule has 1 aliphatic heterocycles. The van der Waals surface area contributed by atoms with E-state index in [9.17, 15) is 13.6 Å². The average molecular weight is 284 g/mol. The van der Waals surface area contributed by atoms with E-state index in [1.54, 1.807) is 11.8 Å². The summed E-state index contributed by atoms with van der Waals surface area (Å²) in [4.78, 5) is 13.9. The number of ether oxygens (including phenoxy) is 1. The fourth-order valence-corrected chi connectivity index (χ4v) is 2.41. The van der Waals surface area contributed by atoms with Crippen LogP contribution in [0, 0.1) is 11.6 Å². The molecule has 1 heterocycles. The Balaban J connectivity index is 2.02. The van der Waals surface area contributed by atoms with Crippen LogP contribution in [0.5, 0.6) is 5.75 Å². The number of rotatable bonds is 4. The molecule has 0 bridgehead atoms. The molecule has 0 aliphatic carbocycles. The van der Waals surface area contributed by atoms with Crippen LogP contribution in [0.4, 0.5) is 8.78 Å². The molecule has 2 rings (SSSR count). The maximum absolute atomic E-state index is 13.1. The zero-order valence-electron chi connectivity index (χ0n) is 11.3. The number of carbonyl (C=O) groups is 1. The summed E-state index contributed by atoms with van der Waals surface area (Å²) in [6.45, 7) is 2.67.